The summed E-state index contributed by atoms with van der Waals surface area (Å²) in [5.41, 5.74) is 2.55. The third kappa shape index (κ3) is 1.01. The number of carbonyl (C=O) groups is 1. The number of amides is 1. The molecule has 1 aromatic rings. The van der Waals surface area contributed by atoms with Gasteiger partial charge in [-0.2, -0.15) is 0 Å². The molecular formula is C10H6Cl2N2O2. The van der Waals surface area contributed by atoms with E-state index in [9.17, 15) is 4.79 Å². The summed E-state index contributed by atoms with van der Waals surface area (Å²) in [6.07, 6.45) is 1.42. The molecule has 0 fully saturated rings. The maximum absolute atomic E-state index is 11.8. The van der Waals surface area contributed by atoms with Crippen molar-refractivity contribution in [3.8, 4) is 0 Å². The van der Waals surface area contributed by atoms with Crippen LogP contribution in [-0.2, 0) is 15.2 Å². The summed E-state index contributed by atoms with van der Waals surface area (Å²) in [5, 5.41) is 3.29. The van der Waals surface area contributed by atoms with E-state index in [1.165, 1.54) is 6.20 Å². The molecule has 2 aliphatic heterocycles. The molecule has 0 aliphatic carbocycles. The molecule has 1 atom stereocenters. The number of hydrogen-bond acceptors (Lipinski definition) is 3. The zero-order valence-electron chi connectivity index (χ0n) is 7.88. The van der Waals surface area contributed by atoms with Gasteiger partial charge in [-0.05, 0) is 6.07 Å². The first-order valence-corrected chi connectivity index (χ1v) is 5.32. The van der Waals surface area contributed by atoms with Gasteiger partial charge in [-0.15, -0.1) is 0 Å². The number of para-hydroxylation sites is 1. The van der Waals surface area contributed by atoms with Crippen LogP contribution < -0.4 is 10.8 Å². The lowest BCUT2D eigenvalue weighted by atomic mass is 9.94. The van der Waals surface area contributed by atoms with Gasteiger partial charge in [0.05, 0.1) is 15.7 Å². The van der Waals surface area contributed by atoms with E-state index in [1.807, 2.05) is 0 Å². The van der Waals surface area contributed by atoms with Crippen molar-refractivity contribution in [1.82, 2.24) is 5.32 Å². The molecule has 0 saturated heterocycles. The van der Waals surface area contributed by atoms with Crippen molar-refractivity contribution in [2.75, 3.05) is 5.48 Å². The molecule has 1 spiro atoms. The lowest BCUT2D eigenvalue weighted by Crippen LogP contribution is -2.37. The Balaban J connectivity index is 2.26. The Morgan fingerprint density at radius 3 is 2.81 bits per heavy atom. The maximum atomic E-state index is 11.8. The highest BCUT2D eigenvalue weighted by Crippen LogP contribution is 2.48. The van der Waals surface area contributed by atoms with E-state index in [2.05, 4.69) is 10.8 Å². The number of halogens is 2. The predicted molar refractivity (Wildman–Crippen MR) is 59.9 cm³/mol. The lowest BCUT2D eigenvalue weighted by molar-refractivity contribution is -0.135. The molecule has 16 heavy (non-hydrogen) atoms. The number of anilines is 1. The molecule has 0 aromatic heterocycles. The van der Waals surface area contributed by atoms with Crippen LogP contribution in [0.2, 0.25) is 5.02 Å². The van der Waals surface area contributed by atoms with Crippen LogP contribution in [0.4, 0.5) is 5.69 Å². The van der Waals surface area contributed by atoms with Gasteiger partial charge < -0.3 is 5.32 Å². The zero-order chi connectivity index (χ0) is 11.3. The quantitative estimate of drug-likeness (QED) is 0.748. The monoisotopic (exact) mass is 256 g/mol. The third-order valence-corrected chi connectivity index (χ3v) is 3.38. The summed E-state index contributed by atoms with van der Waals surface area (Å²) in [5.74, 6) is -0.328. The van der Waals surface area contributed by atoms with Crippen molar-refractivity contribution >= 4 is 34.8 Å². The van der Waals surface area contributed by atoms with Crippen LogP contribution in [0.25, 0.3) is 0 Å². The summed E-state index contributed by atoms with van der Waals surface area (Å²) in [6.45, 7) is 0. The summed E-state index contributed by atoms with van der Waals surface area (Å²) in [4.78, 5) is 17.2. The molecular weight excluding hydrogens is 251 g/mol. The molecule has 0 bridgehead atoms. The van der Waals surface area contributed by atoms with Crippen molar-refractivity contribution in [2.45, 2.75) is 5.60 Å². The Labute approximate surface area is 101 Å². The number of carbonyl (C=O) groups excluding carboxylic acids is 1. The van der Waals surface area contributed by atoms with Crippen LogP contribution in [0.3, 0.4) is 0 Å². The van der Waals surface area contributed by atoms with Gasteiger partial charge in [-0.1, -0.05) is 35.3 Å². The van der Waals surface area contributed by atoms with E-state index >= 15 is 0 Å². The molecule has 82 valence electrons. The standard InChI is InChI=1S/C10H6Cl2N2O2/c11-6-3-1-2-5-8(6)14-16-10(5)7(12)4-13-9(10)15/h1-4,14H,(H,13,15). The molecule has 4 nitrogen and oxygen atoms in total. The van der Waals surface area contributed by atoms with Crippen LogP contribution in [-0.4, -0.2) is 5.91 Å². The minimum Gasteiger partial charge on any atom is -0.328 e. The topological polar surface area (TPSA) is 50.4 Å². The Bertz CT molecular complexity index is 530. The summed E-state index contributed by atoms with van der Waals surface area (Å²) < 4.78 is 0. The summed E-state index contributed by atoms with van der Waals surface area (Å²) in [7, 11) is 0. The SMILES string of the molecule is O=C1NC=C(Cl)C12ONc1c(Cl)cccc12. The number of benzene rings is 1. The summed E-state index contributed by atoms with van der Waals surface area (Å²) in [6, 6.07) is 5.21. The fourth-order valence-corrected chi connectivity index (χ4v) is 2.38. The Morgan fingerprint density at radius 1 is 1.31 bits per heavy atom. The Hall–Kier alpha value is -1.23. The van der Waals surface area contributed by atoms with Crippen LogP contribution in [0, 0.1) is 0 Å². The predicted octanol–water partition coefficient (Wildman–Crippen LogP) is 2.10. The van der Waals surface area contributed by atoms with Gasteiger partial charge in [0.25, 0.3) is 5.91 Å². The Kier molecular flexibility index (Phi) is 1.95. The molecule has 0 saturated carbocycles. The van der Waals surface area contributed by atoms with Gasteiger partial charge in [0.15, 0.2) is 0 Å². The minimum atomic E-state index is -1.29. The fraction of sp³-hybridized carbons (Fsp3) is 0.100. The molecule has 2 heterocycles. The second kappa shape index (κ2) is 3.13. The van der Waals surface area contributed by atoms with Gasteiger partial charge >= 0.3 is 0 Å². The van der Waals surface area contributed by atoms with Gasteiger partial charge in [0.1, 0.15) is 0 Å². The third-order valence-electron chi connectivity index (χ3n) is 2.69. The van der Waals surface area contributed by atoms with Crippen molar-refractivity contribution < 1.29 is 9.63 Å². The second-order valence-corrected chi connectivity index (χ2v) is 4.33. The first-order chi connectivity index (χ1) is 7.66. The van der Waals surface area contributed by atoms with Crippen molar-refractivity contribution in [3.05, 3.63) is 40.0 Å². The smallest absolute Gasteiger partial charge is 0.269 e. The van der Waals surface area contributed by atoms with Gasteiger partial charge in [0, 0.05) is 11.8 Å². The molecule has 3 rings (SSSR count). The highest BCUT2D eigenvalue weighted by Gasteiger charge is 2.54. The van der Waals surface area contributed by atoms with Gasteiger partial charge in [-0.25, -0.2) is 4.84 Å². The van der Waals surface area contributed by atoms with Gasteiger partial charge in [-0.3, -0.25) is 10.3 Å². The largest absolute Gasteiger partial charge is 0.328 e. The lowest BCUT2D eigenvalue weighted by Gasteiger charge is -2.19. The van der Waals surface area contributed by atoms with Crippen molar-refractivity contribution in [2.24, 2.45) is 0 Å². The summed E-state index contributed by atoms with van der Waals surface area (Å²) >= 11 is 12.0. The van der Waals surface area contributed by atoms with Crippen LogP contribution >= 0.6 is 23.2 Å². The fourth-order valence-electron chi connectivity index (χ4n) is 1.89. The van der Waals surface area contributed by atoms with E-state index in [0.29, 0.717) is 16.3 Å². The van der Waals surface area contributed by atoms with Gasteiger partial charge in [0.2, 0.25) is 5.60 Å². The Morgan fingerprint density at radius 2 is 2.12 bits per heavy atom. The van der Waals surface area contributed by atoms with E-state index in [4.69, 9.17) is 28.0 Å². The average Bonchev–Trinajstić information content (AvgIpc) is 2.79. The highest BCUT2D eigenvalue weighted by molar-refractivity contribution is 6.35. The van der Waals surface area contributed by atoms with E-state index < -0.39 is 5.60 Å². The van der Waals surface area contributed by atoms with Crippen molar-refractivity contribution in [3.63, 3.8) is 0 Å². The highest BCUT2D eigenvalue weighted by atomic mass is 35.5. The first kappa shape index (κ1) is 9.96. The van der Waals surface area contributed by atoms with Crippen LogP contribution in [0.15, 0.2) is 29.4 Å². The first-order valence-electron chi connectivity index (χ1n) is 4.56. The molecule has 1 aromatic carbocycles. The number of fused-ring (bicyclic) bond motifs is 2. The molecule has 1 unspecified atom stereocenters. The van der Waals surface area contributed by atoms with Crippen molar-refractivity contribution in [1.29, 1.82) is 0 Å². The zero-order valence-corrected chi connectivity index (χ0v) is 9.39. The molecule has 0 radical (unpaired) electrons. The molecule has 2 aliphatic rings. The van der Waals surface area contributed by atoms with E-state index in [-0.39, 0.29) is 10.9 Å². The molecule has 1 amide bonds. The molecule has 2 N–H and O–H groups in total. The average molecular weight is 257 g/mol. The van der Waals surface area contributed by atoms with Crippen LogP contribution in [0.1, 0.15) is 5.56 Å². The number of hydrogen-bond donors (Lipinski definition) is 2. The normalized spacial score (nSPS) is 26.4. The van der Waals surface area contributed by atoms with E-state index in [0.717, 1.165) is 0 Å². The molecule has 6 heteroatoms. The minimum absolute atomic E-state index is 0.283. The van der Waals surface area contributed by atoms with Crippen LogP contribution in [0.5, 0.6) is 0 Å². The van der Waals surface area contributed by atoms with E-state index in [1.54, 1.807) is 18.2 Å². The number of rotatable bonds is 0. The second-order valence-electron chi connectivity index (χ2n) is 3.51. The number of nitrogens with one attached hydrogen (secondary N) is 2. The maximum Gasteiger partial charge on any atom is 0.269 e.